The van der Waals surface area contributed by atoms with E-state index in [4.69, 9.17) is 13.7 Å². The number of hydrogen-bond donors (Lipinski definition) is 0. The summed E-state index contributed by atoms with van der Waals surface area (Å²) in [7, 11) is 0. The zero-order valence-electron chi connectivity index (χ0n) is 16.9. The molecule has 0 bridgehead atoms. The molecule has 0 aliphatic carbocycles. The summed E-state index contributed by atoms with van der Waals surface area (Å²) in [5, 5.41) is 11.8. The highest BCUT2D eigenvalue weighted by Crippen LogP contribution is 2.23. The van der Waals surface area contributed by atoms with Crippen molar-refractivity contribution in [1.29, 1.82) is 0 Å². The zero-order chi connectivity index (χ0) is 21.8. The summed E-state index contributed by atoms with van der Waals surface area (Å²) in [6.45, 7) is 3.64. The maximum absolute atomic E-state index is 13.0. The molecule has 4 aromatic rings. The first-order valence-electron chi connectivity index (χ1n) is 9.66. The quantitative estimate of drug-likeness (QED) is 0.402. The van der Waals surface area contributed by atoms with E-state index in [-0.39, 0.29) is 30.4 Å². The predicted octanol–water partition coefficient (Wildman–Crippen LogP) is 4.47. The minimum absolute atomic E-state index is 0.0361. The van der Waals surface area contributed by atoms with Gasteiger partial charge >= 0.3 is 5.97 Å². The molecular formula is C22H19FN4O4. The van der Waals surface area contributed by atoms with Crippen molar-refractivity contribution in [2.45, 2.75) is 32.8 Å². The second kappa shape index (κ2) is 8.86. The van der Waals surface area contributed by atoms with Gasteiger partial charge in [0.2, 0.25) is 17.6 Å². The van der Waals surface area contributed by atoms with Gasteiger partial charge < -0.3 is 13.7 Å². The van der Waals surface area contributed by atoms with Crippen molar-refractivity contribution in [2.24, 2.45) is 0 Å². The minimum atomic E-state index is -0.698. The number of carbonyl (C=O) groups is 1. The topological polar surface area (TPSA) is 104 Å². The van der Waals surface area contributed by atoms with Crippen molar-refractivity contribution in [3.05, 3.63) is 71.7 Å². The number of hydrogen-bond acceptors (Lipinski definition) is 8. The maximum atomic E-state index is 13.0. The van der Waals surface area contributed by atoms with Gasteiger partial charge in [-0.1, -0.05) is 22.9 Å². The molecule has 0 N–H and O–H groups in total. The van der Waals surface area contributed by atoms with Crippen LogP contribution < -0.4 is 0 Å². The Hall–Kier alpha value is -3.88. The van der Waals surface area contributed by atoms with Crippen molar-refractivity contribution >= 4 is 5.97 Å². The first-order valence-corrected chi connectivity index (χ1v) is 9.66. The molecule has 0 saturated carbocycles. The Kier molecular flexibility index (Phi) is 5.83. The molecule has 2 aromatic heterocycles. The van der Waals surface area contributed by atoms with E-state index in [1.54, 1.807) is 19.1 Å². The molecule has 0 radical (unpaired) electrons. The van der Waals surface area contributed by atoms with Crippen LogP contribution in [0.5, 0.6) is 0 Å². The molecule has 0 spiro atoms. The monoisotopic (exact) mass is 422 g/mol. The van der Waals surface area contributed by atoms with Crippen LogP contribution in [-0.2, 0) is 16.0 Å². The number of benzene rings is 2. The van der Waals surface area contributed by atoms with Gasteiger partial charge in [0.15, 0.2) is 6.10 Å². The van der Waals surface area contributed by atoms with Crippen LogP contribution in [0.3, 0.4) is 0 Å². The number of esters is 1. The number of rotatable bonds is 7. The summed E-state index contributed by atoms with van der Waals surface area (Å²) < 4.78 is 29.2. The third-order valence-corrected chi connectivity index (χ3v) is 4.51. The van der Waals surface area contributed by atoms with E-state index in [1.165, 1.54) is 12.1 Å². The normalized spacial score (nSPS) is 12.0. The third-order valence-electron chi connectivity index (χ3n) is 4.51. The van der Waals surface area contributed by atoms with Crippen LogP contribution in [0.25, 0.3) is 22.8 Å². The lowest BCUT2D eigenvalue weighted by molar-refractivity contribution is -0.149. The van der Waals surface area contributed by atoms with Crippen LogP contribution in [0.1, 0.15) is 36.8 Å². The Morgan fingerprint density at radius 2 is 1.77 bits per heavy atom. The lowest BCUT2D eigenvalue weighted by Gasteiger charge is -2.08. The van der Waals surface area contributed by atoms with Crippen LogP contribution in [0.15, 0.2) is 57.5 Å². The van der Waals surface area contributed by atoms with Crippen molar-refractivity contribution in [3.63, 3.8) is 0 Å². The maximum Gasteiger partial charge on any atom is 0.307 e. The van der Waals surface area contributed by atoms with Crippen molar-refractivity contribution in [2.75, 3.05) is 0 Å². The number of aromatic nitrogens is 4. The Morgan fingerprint density at radius 3 is 2.52 bits per heavy atom. The van der Waals surface area contributed by atoms with Crippen LogP contribution in [0.4, 0.5) is 4.39 Å². The standard InChI is InChI=1S/C22H19FN4O4/c1-13-3-5-16(6-4-13)22-26-25-21(30-22)14(2)29-19(28)12-11-18-24-20(27-31-18)15-7-9-17(23)10-8-15/h3-10,14H,11-12H2,1-2H3. The van der Waals surface area contributed by atoms with Gasteiger partial charge in [0, 0.05) is 17.5 Å². The summed E-state index contributed by atoms with van der Waals surface area (Å²) in [5.74, 6) is 0.354. The van der Waals surface area contributed by atoms with Gasteiger partial charge in [-0.05, 0) is 50.2 Å². The third kappa shape index (κ3) is 5.00. The Labute approximate surface area is 177 Å². The Morgan fingerprint density at radius 1 is 1.06 bits per heavy atom. The second-order valence-corrected chi connectivity index (χ2v) is 6.96. The van der Waals surface area contributed by atoms with Crippen LogP contribution in [0.2, 0.25) is 0 Å². The van der Waals surface area contributed by atoms with Gasteiger partial charge in [0.25, 0.3) is 5.89 Å². The lowest BCUT2D eigenvalue weighted by atomic mass is 10.1. The summed E-state index contributed by atoms with van der Waals surface area (Å²) in [6.07, 6.45) is -0.455. The second-order valence-electron chi connectivity index (χ2n) is 6.96. The number of aryl methyl sites for hydroxylation is 2. The highest BCUT2D eigenvalue weighted by molar-refractivity contribution is 5.69. The van der Waals surface area contributed by atoms with E-state index in [0.717, 1.165) is 11.1 Å². The molecule has 1 unspecified atom stereocenters. The van der Waals surface area contributed by atoms with E-state index in [1.807, 2.05) is 31.2 Å². The first-order chi connectivity index (χ1) is 15.0. The number of nitrogens with zero attached hydrogens (tertiary/aromatic N) is 4. The van der Waals surface area contributed by atoms with Crippen molar-refractivity contribution < 1.29 is 22.9 Å². The molecule has 0 saturated heterocycles. The number of halogens is 1. The van der Waals surface area contributed by atoms with E-state index >= 15 is 0 Å². The minimum Gasteiger partial charge on any atom is -0.453 e. The molecule has 4 rings (SSSR count). The molecule has 0 aliphatic heterocycles. The van der Waals surface area contributed by atoms with Crippen molar-refractivity contribution in [3.8, 4) is 22.8 Å². The van der Waals surface area contributed by atoms with Crippen LogP contribution in [-0.4, -0.2) is 26.3 Å². The van der Waals surface area contributed by atoms with Gasteiger partial charge in [-0.2, -0.15) is 4.98 Å². The average Bonchev–Trinajstić information content (AvgIpc) is 3.44. The molecule has 0 aliphatic rings. The van der Waals surface area contributed by atoms with Gasteiger partial charge in [-0.15, -0.1) is 10.2 Å². The molecule has 2 aromatic carbocycles. The highest BCUT2D eigenvalue weighted by Gasteiger charge is 2.20. The molecule has 8 nitrogen and oxygen atoms in total. The SMILES string of the molecule is Cc1ccc(-c2nnc(C(C)OC(=O)CCc3nc(-c4ccc(F)cc4)no3)o2)cc1. The van der Waals surface area contributed by atoms with E-state index in [9.17, 15) is 9.18 Å². The first kappa shape index (κ1) is 20.4. The van der Waals surface area contributed by atoms with Gasteiger partial charge in [0.05, 0.1) is 6.42 Å². The smallest absolute Gasteiger partial charge is 0.307 e. The van der Waals surface area contributed by atoms with E-state index in [0.29, 0.717) is 17.3 Å². The molecular weight excluding hydrogens is 403 g/mol. The lowest BCUT2D eigenvalue weighted by Crippen LogP contribution is -2.10. The molecule has 1 atom stereocenters. The number of carbonyl (C=O) groups excluding carboxylic acids is 1. The fraction of sp³-hybridized carbons (Fsp3) is 0.227. The zero-order valence-corrected chi connectivity index (χ0v) is 16.9. The molecule has 0 amide bonds. The van der Waals surface area contributed by atoms with E-state index in [2.05, 4.69) is 20.3 Å². The molecule has 158 valence electrons. The highest BCUT2D eigenvalue weighted by atomic mass is 19.1. The summed E-state index contributed by atoms with van der Waals surface area (Å²) >= 11 is 0. The van der Waals surface area contributed by atoms with E-state index < -0.39 is 12.1 Å². The molecule has 0 fully saturated rings. The van der Waals surface area contributed by atoms with Crippen LogP contribution in [0, 0.1) is 12.7 Å². The molecule has 2 heterocycles. The fourth-order valence-electron chi connectivity index (χ4n) is 2.80. The predicted molar refractivity (Wildman–Crippen MR) is 107 cm³/mol. The Bertz CT molecular complexity index is 1170. The summed E-state index contributed by atoms with van der Waals surface area (Å²) in [4.78, 5) is 16.4. The number of ether oxygens (including phenoxy) is 1. The van der Waals surface area contributed by atoms with Gasteiger partial charge in [-0.3, -0.25) is 4.79 Å². The molecule has 31 heavy (non-hydrogen) atoms. The summed E-state index contributed by atoms with van der Waals surface area (Å²) in [5.41, 5.74) is 2.53. The van der Waals surface area contributed by atoms with Gasteiger partial charge in [-0.25, -0.2) is 4.39 Å². The van der Waals surface area contributed by atoms with Crippen molar-refractivity contribution in [1.82, 2.24) is 20.3 Å². The molecule has 9 heteroatoms. The van der Waals surface area contributed by atoms with Crippen LogP contribution >= 0.6 is 0 Å². The average molecular weight is 422 g/mol. The fourth-order valence-corrected chi connectivity index (χ4v) is 2.80. The van der Waals surface area contributed by atoms with Gasteiger partial charge in [0.1, 0.15) is 5.82 Å². The summed E-state index contributed by atoms with van der Waals surface area (Å²) in [6, 6.07) is 13.4. The largest absolute Gasteiger partial charge is 0.453 e. The Balaban J connectivity index is 1.31.